The Hall–Kier alpha value is -3.02. The van der Waals surface area contributed by atoms with Crippen LogP contribution in [0.5, 0.6) is 0 Å². The molecule has 1 fully saturated rings. The van der Waals surface area contributed by atoms with E-state index in [0.717, 1.165) is 57.7 Å². The van der Waals surface area contributed by atoms with Crippen molar-refractivity contribution in [3.8, 4) is 5.69 Å². The van der Waals surface area contributed by atoms with Crippen LogP contribution in [0.3, 0.4) is 0 Å². The number of likely N-dealkylation sites (tertiary alicyclic amines) is 1. The lowest BCUT2D eigenvalue weighted by molar-refractivity contribution is -0.136. The molecule has 1 aromatic carbocycles. The van der Waals surface area contributed by atoms with Crippen molar-refractivity contribution < 1.29 is 27.1 Å². The van der Waals surface area contributed by atoms with Gasteiger partial charge in [-0.3, -0.25) is 14.7 Å². The monoisotopic (exact) mass is 647 g/mol. The molecule has 2 aromatic heterocycles. The van der Waals surface area contributed by atoms with Crippen molar-refractivity contribution in [2.24, 2.45) is 11.8 Å². The van der Waals surface area contributed by atoms with Crippen molar-refractivity contribution in [1.29, 1.82) is 0 Å². The zero-order chi connectivity index (χ0) is 33.8. The molecule has 3 aromatic rings. The molecule has 0 N–H and O–H groups in total. The number of carbonyl (C=O) groups is 1. The van der Waals surface area contributed by atoms with Crippen LogP contribution in [-0.4, -0.2) is 96.2 Å². The van der Waals surface area contributed by atoms with E-state index in [4.69, 9.17) is 4.74 Å². The number of halogens is 4. The van der Waals surface area contributed by atoms with E-state index in [1.54, 1.807) is 24.9 Å². The molecule has 1 amide bonds. The molecule has 2 atom stereocenters. The first kappa shape index (κ1) is 35.8. The molecule has 0 bridgehead atoms. The van der Waals surface area contributed by atoms with E-state index in [9.17, 15) is 22.4 Å². The van der Waals surface area contributed by atoms with E-state index in [-0.39, 0.29) is 28.4 Å². The predicted molar refractivity (Wildman–Crippen MR) is 174 cm³/mol. The summed E-state index contributed by atoms with van der Waals surface area (Å²) in [6, 6.07) is 4.07. The topological polar surface area (TPSA) is 53.8 Å². The second kappa shape index (κ2) is 15.3. The first-order valence-corrected chi connectivity index (χ1v) is 16.3. The molecule has 3 heterocycles. The fourth-order valence-corrected chi connectivity index (χ4v) is 6.65. The normalized spacial score (nSPS) is 16.8. The minimum absolute atomic E-state index is 0.0803. The third-order valence-corrected chi connectivity index (χ3v) is 9.42. The van der Waals surface area contributed by atoms with Gasteiger partial charge in [0.15, 0.2) is 0 Å². The zero-order valence-corrected chi connectivity index (χ0v) is 28.2. The maximum absolute atomic E-state index is 14.5. The maximum atomic E-state index is 14.5. The highest BCUT2D eigenvalue weighted by atomic mass is 19.4. The number of carbonyl (C=O) groups excluding carboxylic acids is 1. The number of benzene rings is 1. The average molecular weight is 648 g/mol. The van der Waals surface area contributed by atoms with E-state index >= 15 is 0 Å². The van der Waals surface area contributed by atoms with Crippen molar-refractivity contribution in [2.75, 3.05) is 54.0 Å². The van der Waals surface area contributed by atoms with Gasteiger partial charge in [0.05, 0.1) is 35.1 Å². The number of methoxy groups -OCH3 is 1. The molecule has 254 valence electrons. The number of alkyl halides is 3. The molecule has 2 unspecified atom stereocenters. The number of hydrogen-bond acceptors (Lipinski definition) is 5. The molecule has 0 saturated carbocycles. The summed E-state index contributed by atoms with van der Waals surface area (Å²) in [4.78, 5) is 23.6. The molecule has 46 heavy (non-hydrogen) atoms. The van der Waals surface area contributed by atoms with Gasteiger partial charge in [-0.15, -0.1) is 0 Å². The first-order chi connectivity index (χ1) is 21.7. The number of rotatable bonds is 14. The van der Waals surface area contributed by atoms with Crippen LogP contribution in [0, 0.1) is 17.7 Å². The lowest BCUT2D eigenvalue weighted by atomic mass is 9.95. The zero-order valence-electron chi connectivity index (χ0n) is 28.2. The number of ether oxygens (including phenoxy) is 1. The van der Waals surface area contributed by atoms with E-state index < -0.39 is 23.5 Å². The Morgan fingerprint density at radius 2 is 1.87 bits per heavy atom. The number of pyridine rings is 1. The molecule has 11 heteroatoms. The molecule has 1 aliphatic rings. The molecular formula is C35H49F4N5O2. The van der Waals surface area contributed by atoms with Gasteiger partial charge < -0.3 is 19.1 Å². The summed E-state index contributed by atoms with van der Waals surface area (Å²) >= 11 is 0. The highest BCUT2D eigenvalue weighted by Crippen LogP contribution is 2.39. The minimum atomic E-state index is -4.62. The van der Waals surface area contributed by atoms with E-state index in [2.05, 4.69) is 35.7 Å². The molecule has 0 radical (unpaired) electrons. The SMILES string of the molecule is COCCN(C)CCCC(C(C)C)N1CCC(Cc2cn(-c3ccc(F)cc3C(=O)N(C)C(C)C)c3cncc(C(F)(F)F)c23)C1. The molecule has 7 nitrogen and oxygen atoms in total. The van der Waals surface area contributed by atoms with Crippen molar-refractivity contribution in [3.63, 3.8) is 0 Å². The Morgan fingerprint density at radius 3 is 2.52 bits per heavy atom. The van der Waals surface area contributed by atoms with Gasteiger partial charge in [0.2, 0.25) is 0 Å². The number of likely N-dealkylation sites (N-methyl/N-ethyl adjacent to an activating group) is 1. The standard InChI is InChI=1S/C35H49F4N5O2/c1-23(2)30(9-8-13-41(5)15-16-46-7)43-14-12-25(21-43)17-26-22-44(32-20-40-19-29(33(26)32)35(37,38)39)31-11-10-27(36)18-28(31)34(45)42(6)24(3)4/h10-11,18-20,22-25,30H,8-9,12-17,21H2,1-7H3. The minimum Gasteiger partial charge on any atom is -0.383 e. The molecule has 0 spiro atoms. The predicted octanol–water partition coefficient (Wildman–Crippen LogP) is 6.91. The third-order valence-electron chi connectivity index (χ3n) is 9.42. The van der Waals surface area contributed by atoms with Gasteiger partial charge >= 0.3 is 6.18 Å². The van der Waals surface area contributed by atoms with E-state index in [1.165, 1.54) is 23.2 Å². The summed E-state index contributed by atoms with van der Waals surface area (Å²) in [5.74, 6) is -0.391. The van der Waals surface area contributed by atoms with Crippen LogP contribution in [0.4, 0.5) is 17.6 Å². The van der Waals surface area contributed by atoms with Gasteiger partial charge in [-0.25, -0.2) is 4.39 Å². The third kappa shape index (κ3) is 8.27. The van der Waals surface area contributed by atoms with Crippen LogP contribution in [0.15, 0.2) is 36.8 Å². The van der Waals surface area contributed by atoms with Gasteiger partial charge in [-0.2, -0.15) is 13.2 Å². The molecule has 4 rings (SSSR count). The van der Waals surface area contributed by atoms with Crippen LogP contribution in [0.1, 0.15) is 68.4 Å². The number of aromatic nitrogens is 2. The molecule has 1 aliphatic heterocycles. The van der Waals surface area contributed by atoms with Gasteiger partial charge in [-0.1, -0.05) is 13.8 Å². The molecular weight excluding hydrogens is 598 g/mol. The number of amides is 1. The van der Waals surface area contributed by atoms with Gasteiger partial charge in [0.25, 0.3) is 5.91 Å². The number of hydrogen-bond donors (Lipinski definition) is 0. The Bertz CT molecular complexity index is 1470. The Labute approximate surface area is 270 Å². The molecule has 0 aliphatic carbocycles. The van der Waals surface area contributed by atoms with Crippen LogP contribution in [0.2, 0.25) is 0 Å². The summed E-state index contributed by atoms with van der Waals surface area (Å²) in [6.45, 7) is 12.4. The quantitative estimate of drug-likeness (QED) is 0.178. The van der Waals surface area contributed by atoms with Crippen LogP contribution >= 0.6 is 0 Å². The van der Waals surface area contributed by atoms with Crippen LogP contribution < -0.4 is 0 Å². The van der Waals surface area contributed by atoms with Gasteiger partial charge in [0.1, 0.15) is 5.82 Å². The Kier molecular flexibility index (Phi) is 11.9. The average Bonchev–Trinajstić information content (AvgIpc) is 3.61. The highest BCUT2D eigenvalue weighted by Gasteiger charge is 2.37. The lowest BCUT2D eigenvalue weighted by Crippen LogP contribution is -2.38. The van der Waals surface area contributed by atoms with E-state index in [0.29, 0.717) is 36.2 Å². The van der Waals surface area contributed by atoms with Gasteiger partial charge in [0, 0.05) is 57.1 Å². The van der Waals surface area contributed by atoms with Crippen LogP contribution in [0.25, 0.3) is 16.6 Å². The van der Waals surface area contributed by atoms with Crippen molar-refractivity contribution in [2.45, 2.75) is 71.6 Å². The van der Waals surface area contributed by atoms with E-state index in [1.807, 2.05) is 13.8 Å². The van der Waals surface area contributed by atoms with Crippen molar-refractivity contribution in [3.05, 3.63) is 59.3 Å². The Morgan fingerprint density at radius 1 is 1.13 bits per heavy atom. The number of nitrogens with zero attached hydrogens (tertiary/aromatic N) is 5. The highest BCUT2D eigenvalue weighted by molar-refractivity contribution is 5.99. The second-order valence-corrected chi connectivity index (χ2v) is 13.4. The summed E-state index contributed by atoms with van der Waals surface area (Å²) < 4.78 is 64.4. The van der Waals surface area contributed by atoms with Crippen LogP contribution in [-0.2, 0) is 17.3 Å². The fourth-order valence-electron chi connectivity index (χ4n) is 6.65. The van der Waals surface area contributed by atoms with Crippen molar-refractivity contribution in [1.82, 2.24) is 24.3 Å². The molecule has 1 saturated heterocycles. The largest absolute Gasteiger partial charge is 0.418 e. The summed E-state index contributed by atoms with van der Waals surface area (Å²) in [6.07, 6.45) is 2.80. The summed E-state index contributed by atoms with van der Waals surface area (Å²) in [7, 11) is 5.43. The summed E-state index contributed by atoms with van der Waals surface area (Å²) in [5.41, 5.74) is 0.388. The second-order valence-electron chi connectivity index (χ2n) is 13.4. The fraction of sp³-hybridized carbons (Fsp3) is 0.600. The van der Waals surface area contributed by atoms with Crippen molar-refractivity contribution >= 4 is 16.8 Å². The summed E-state index contributed by atoms with van der Waals surface area (Å²) in [5, 5.41) is 0.0837. The lowest BCUT2D eigenvalue weighted by Gasteiger charge is -2.32. The first-order valence-electron chi connectivity index (χ1n) is 16.3. The Balaban J connectivity index is 1.65. The maximum Gasteiger partial charge on any atom is 0.418 e. The number of fused-ring (bicyclic) bond motifs is 1. The van der Waals surface area contributed by atoms with Gasteiger partial charge in [-0.05, 0) is 95.3 Å². The smallest absolute Gasteiger partial charge is 0.383 e.